The molecule has 4 rings (SSSR count). The standard InChI is InChI=1S/C17H18BrClN2O2/c1-21-6-2-3-10(21)7-23-14-5-4-11-12-8-22-9-13(12)15(18)16(19)17(11)20-14/h4-5,10H,2-3,6-9H2,1H3. The molecule has 4 nitrogen and oxygen atoms in total. The Hall–Kier alpha value is -0.880. The van der Waals surface area contributed by atoms with Crippen LogP contribution >= 0.6 is 27.5 Å². The number of halogens is 2. The second kappa shape index (κ2) is 6.20. The van der Waals surface area contributed by atoms with Crippen molar-refractivity contribution >= 4 is 38.4 Å². The molecule has 1 fully saturated rings. The van der Waals surface area contributed by atoms with Crippen LogP contribution in [0.5, 0.6) is 5.88 Å². The lowest BCUT2D eigenvalue weighted by Gasteiger charge is -2.19. The van der Waals surface area contributed by atoms with Crippen molar-refractivity contribution in [3.05, 3.63) is 32.8 Å². The molecular formula is C17H18BrClN2O2. The zero-order valence-electron chi connectivity index (χ0n) is 12.9. The number of benzene rings is 1. The lowest BCUT2D eigenvalue weighted by atomic mass is 10.0. The average molecular weight is 398 g/mol. The highest BCUT2D eigenvalue weighted by atomic mass is 79.9. The van der Waals surface area contributed by atoms with Gasteiger partial charge in [0.05, 0.1) is 23.8 Å². The van der Waals surface area contributed by atoms with E-state index in [-0.39, 0.29) is 0 Å². The number of fused-ring (bicyclic) bond motifs is 3. The Bertz CT molecular complexity index is 768. The minimum atomic E-state index is 0.475. The Morgan fingerprint density at radius 3 is 3.00 bits per heavy atom. The van der Waals surface area contributed by atoms with Gasteiger partial charge in [0.1, 0.15) is 6.61 Å². The van der Waals surface area contributed by atoms with Crippen LogP contribution in [0.3, 0.4) is 0 Å². The quantitative estimate of drug-likeness (QED) is 0.779. The molecule has 6 heteroatoms. The Kier molecular flexibility index (Phi) is 4.22. The van der Waals surface area contributed by atoms with Gasteiger partial charge in [0.25, 0.3) is 0 Å². The van der Waals surface area contributed by atoms with Gasteiger partial charge in [-0.2, -0.15) is 0 Å². The van der Waals surface area contributed by atoms with Gasteiger partial charge in [-0.3, -0.25) is 0 Å². The second-order valence-electron chi connectivity index (χ2n) is 6.21. The highest BCUT2D eigenvalue weighted by Crippen LogP contribution is 2.40. The van der Waals surface area contributed by atoms with E-state index in [0.29, 0.717) is 36.8 Å². The Labute approximate surface area is 148 Å². The third-order valence-corrected chi connectivity index (χ3v) is 6.28. The number of likely N-dealkylation sites (N-methyl/N-ethyl adjacent to an activating group) is 1. The van der Waals surface area contributed by atoms with Crippen molar-refractivity contribution in [1.29, 1.82) is 0 Å². The molecule has 0 N–H and O–H groups in total. The summed E-state index contributed by atoms with van der Waals surface area (Å²) < 4.78 is 12.4. The summed E-state index contributed by atoms with van der Waals surface area (Å²) >= 11 is 10.1. The molecular weight excluding hydrogens is 380 g/mol. The Balaban J connectivity index is 1.65. The topological polar surface area (TPSA) is 34.6 Å². The molecule has 3 heterocycles. The summed E-state index contributed by atoms with van der Waals surface area (Å²) in [6, 6.07) is 4.45. The molecule has 1 aromatic carbocycles. The molecule has 2 aliphatic heterocycles. The number of ether oxygens (including phenoxy) is 2. The maximum absolute atomic E-state index is 6.50. The molecule has 1 unspecified atom stereocenters. The van der Waals surface area contributed by atoms with Crippen molar-refractivity contribution in [3.8, 4) is 5.88 Å². The summed E-state index contributed by atoms with van der Waals surface area (Å²) in [5, 5.41) is 1.68. The Morgan fingerprint density at radius 1 is 1.39 bits per heavy atom. The van der Waals surface area contributed by atoms with Gasteiger partial charge in [0.2, 0.25) is 5.88 Å². The van der Waals surface area contributed by atoms with Crippen LogP contribution in [0.15, 0.2) is 16.6 Å². The minimum Gasteiger partial charge on any atom is -0.476 e. The van der Waals surface area contributed by atoms with E-state index in [4.69, 9.17) is 21.1 Å². The van der Waals surface area contributed by atoms with Gasteiger partial charge in [-0.25, -0.2) is 4.98 Å². The predicted molar refractivity (Wildman–Crippen MR) is 94.1 cm³/mol. The number of pyridine rings is 1. The lowest BCUT2D eigenvalue weighted by molar-refractivity contribution is 0.134. The van der Waals surface area contributed by atoms with Crippen LogP contribution in [0.2, 0.25) is 5.02 Å². The first-order chi connectivity index (χ1) is 11.1. The van der Waals surface area contributed by atoms with Crippen LogP contribution in [-0.2, 0) is 18.0 Å². The first-order valence-electron chi connectivity index (χ1n) is 7.85. The van der Waals surface area contributed by atoms with Crippen molar-refractivity contribution < 1.29 is 9.47 Å². The van der Waals surface area contributed by atoms with E-state index in [1.165, 1.54) is 18.4 Å². The van der Waals surface area contributed by atoms with Gasteiger partial charge in [-0.1, -0.05) is 11.6 Å². The van der Waals surface area contributed by atoms with Gasteiger partial charge < -0.3 is 14.4 Å². The third kappa shape index (κ3) is 2.74. The van der Waals surface area contributed by atoms with Crippen LogP contribution in [-0.4, -0.2) is 36.1 Å². The summed E-state index contributed by atoms with van der Waals surface area (Å²) in [6.45, 7) is 3.01. The van der Waals surface area contributed by atoms with Gasteiger partial charge in [-0.15, -0.1) is 0 Å². The molecule has 0 spiro atoms. The van der Waals surface area contributed by atoms with Gasteiger partial charge in [0, 0.05) is 22.0 Å². The molecule has 0 amide bonds. The maximum atomic E-state index is 6.50. The summed E-state index contributed by atoms with van der Waals surface area (Å²) in [7, 11) is 2.14. The first kappa shape index (κ1) is 15.6. The van der Waals surface area contributed by atoms with E-state index in [2.05, 4.69) is 32.9 Å². The number of hydrogen-bond acceptors (Lipinski definition) is 4. The summed E-state index contributed by atoms with van der Waals surface area (Å²) in [5.41, 5.74) is 3.08. The van der Waals surface area contributed by atoms with E-state index in [0.717, 1.165) is 27.5 Å². The summed E-state index contributed by atoms with van der Waals surface area (Å²) in [5.74, 6) is 0.630. The lowest BCUT2D eigenvalue weighted by Crippen LogP contribution is -2.30. The molecule has 122 valence electrons. The normalized spacial score (nSPS) is 21.1. The highest BCUT2D eigenvalue weighted by molar-refractivity contribution is 9.10. The predicted octanol–water partition coefficient (Wildman–Crippen LogP) is 4.15. The fraction of sp³-hybridized carbons (Fsp3) is 0.471. The van der Waals surface area contributed by atoms with Crippen LogP contribution in [0.25, 0.3) is 10.9 Å². The summed E-state index contributed by atoms with van der Waals surface area (Å²) in [6.07, 6.45) is 2.42. The van der Waals surface area contributed by atoms with E-state index in [9.17, 15) is 0 Å². The molecule has 2 aliphatic rings. The van der Waals surface area contributed by atoms with Crippen LogP contribution in [0.1, 0.15) is 24.0 Å². The monoisotopic (exact) mass is 396 g/mol. The fourth-order valence-corrected chi connectivity index (χ4v) is 4.21. The van der Waals surface area contributed by atoms with Crippen molar-refractivity contribution in [2.75, 3.05) is 20.2 Å². The fourth-order valence-electron chi connectivity index (χ4n) is 3.41. The van der Waals surface area contributed by atoms with E-state index < -0.39 is 0 Å². The zero-order chi connectivity index (χ0) is 16.0. The van der Waals surface area contributed by atoms with Crippen molar-refractivity contribution in [2.24, 2.45) is 0 Å². The minimum absolute atomic E-state index is 0.475. The molecule has 2 aromatic rings. The number of likely N-dealkylation sites (tertiary alicyclic amines) is 1. The van der Waals surface area contributed by atoms with E-state index in [1.54, 1.807) is 0 Å². The third-order valence-electron chi connectivity index (χ3n) is 4.81. The van der Waals surface area contributed by atoms with Crippen molar-refractivity contribution in [3.63, 3.8) is 0 Å². The molecule has 1 saturated heterocycles. The molecule has 1 atom stereocenters. The van der Waals surface area contributed by atoms with Crippen LogP contribution in [0.4, 0.5) is 0 Å². The molecule has 0 saturated carbocycles. The number of aromatic nitrogens is 1. The van der Waals surface area contributed by atoms with Crippen LogP contribution in [0, 0.1) is 0 Å². The van der Waals surface area contributed by atoms with Crippen molar-refractivity contribution in [1.82, 2.24) is 9.88 Å². The van der Waals surface area contributed by atoms with Gasteiger partial charge in [-0.05, 0) is 59.6 Å². The molecule has 0 aliphatic carbocycles. The molecule has 0 radical (unpaired) electrons. The van der Waals surface area contributed by atoms with Crippen LogP contribution < -0.4 is 4.74 Å². The first-order valence-corrected chi connectivity index (χ1v) is 9.02. The van der Waals surface area contributed by atoms with E-state index in [1.807, 2.05) is 12.1 Å². The molecule has 1 aromatic heterocycles. The summed E-state index contributed by atoms with van der Waals surface area (Å²) in [4.78, 5) is 6.98. The molecule has 0 bridgehead atoms. The number of hydrogen-bond donors (Lipinski definition) is 0. The van der Waals surface area contributed by atoms with Gasteiger partial charge in [0.15, 0.2) is 0 Å². The largest absolute Gasteiger partial charge is 0.476 e. The Morgan fingerprint density at radius 2 is 2.22 bits per heavy atom. The number of nitrogens with zero attached hydrogens (tertiary/aromatic N) is 2. The second-order valence-corrected chi connectivity index (χ2v) is 7.38. The van der Waals surface area contributed by atoms with Gasteiger partial charge >= 0.3 is 0 Å². The van der Waals surface area contributed by atoms with E-state index >= 15 is 0 Å². The number of rotatable bonds is 3. The smallest absolute Gasteiger partial charge is 0.213 e. The van der Waals surface area contributed by atoms with Crippen molar-refractivity contribution in [2.45, 2.75) is 32.1 Å². The highest BCUT2D eigenvalue weighted by Gasteiger charge is 2.24. The average Bonchev–Trinajstić information content (AvgIpc) is 3.19. The molecule has 23 heavy (non-hydrogen) atoms. The SMILES string of the molecule is CN1CCCC1COc1ccc2c3c(c(Br)c(Cl)c2n1)COC3. The maximum Gasteiger partial charge on any atom is 0.213 e. The zero-order valence-corrected chi connectivity index (χ0v) is 15.3.